The van der Waals surface area contributed by atoms with Crippen LogP contribution in [0.2, 0.25) is 0 Å². The maximum Gasteiger partial charge on any atom is 0.372 e. The number of nitrogens with two attached hydrogens (primary N) is 1. The third kappa shape index (κ3) is 2.98. The molecule has 3 aromatic heterocycles. The average Bonchev–Trinajstić information content (AvgIpc) is 3.22. The van der Waals surface area contributed by atoms with E-state index in [1.807, 2.05) is 29.9 Å². The van der Waals surface area contributed by atoms with Crippen LogP contribution in [-0.4, -0.2) is 25.6 Å². The Kier molecular flexibility index (Phi) is 4.50. The molecule has 4 rings (SSSR count). The Labute approximate surface area is 141 Å². The van der Waals surface area contributed by atoms with Gasteiger partial charge in [-0.2, -0.15) is 0 Å². The number of carboxylic acid groups (broad SMARTS) is 1. The summed E-state index contributed by atoms with van der Waals surface area (Å²) in [6.07, 6.45) is 4.92. The van der Waals surface area contributed by atoms with Gasteiger partial charge in [-0.3, -0.25) is 4.79 Å². The minimum atomic E-state index is -1.20. The molecule has 3 aromatic rings. The van der Waals surface area contributed by atoms with Crippen LogP contribution in [0.1, 0.15) is 33.2 Å². The lowest BCUT2D eigenvalue weighted by molar-refractivity contribution is 0.0683. The van der Waals surface area contributed by atoms with Gasteiger partial charge in [0.25, 0.3) is 5.56 Å². The van der Waals surface area contributed by atoms with E-state index < -0.39 is 5.97 Å². The number of hydrogen-bond donors (Lipinski definition) is 3. The summed E-state index contributed by atoms with van der Waals surface area (Å²) < 4.78 is 2.01. The number of hydrogen-bond acceptors (Lipinski definition) is 5. The van der Waals surface area contributed by atoms with Crippen LogP contribution in [0.4, 0.5) is 0 Å². The average molecular weight is 346 g/mol. The fourth-order valence-corrected chi connectivity index (χ4v) is 4.07. The summed E-state index contributed by atoms with van der Waals surface area (Å²) in [6, 6.07) is 4.00. The molecule has 0 saturated heterocycles. The van der Waals surface area contributed by atoms with Crippen LogP contribution in [0.25, 0.3) is 10.2 Å². The summed E-state index contributed by atoms with van der Waals surface area (Å²) in [5, 5.41) is 9.37. The number of aromatic carboxylic acids is 1. The number of aryl methyl sites for hydroxylation is 3. The molecule has 24 heavy (non-hydrogen) atoms. The lowest BCUT2D eigenvalue weighted by Crippen LogP contribution is -2.15. The first-order valence-corrected chi connectivity index (χ1v) is 8.41. The molecular weight excluding hydrogens is 328 g/mol. The number of carbonyl (C=O) groups is 1. The van der Waals surface area contributed by atoms with Crippen molar-refractivity contribution in [3.05, 3.63) is 50.6 Å². The van der Waals surface area contributed by atoms with Gasteiger partial charge >= 0.3 is 5.97 Å². The van der Waals surface area contributed by atoms with E-state index in [4.69, 9.17) is 10.8 Å². The minimum Gasteiger partial charge on any atom is -0.475 e. The van der Waals surface area contributed by atoms with Gasteiger partial charge in [0, 0.05) is 30.4 Å². The number of H-pyrrole nitrogens is 1. The maximum absolute atomic E-state index is 11.8. The Morgan fingerprint density at radius 1 is 1.50 bits per heavy atom. The molecule has 0 aliphatic heterocycles. The molecule has 3 heterocycles. The second kappa shape index (κ2) is 6.58. The van der Waals surface area contributed by atoms with Crippen molar-refractivity contribution in [2.24, 2.45) is 12.8 Å². The van der Waals surface area contributed by atoms with Crippen LogP contribution in [0.15, 0.2) is 23.1 Å². The summed E-state index contributed by atoms with van der Waals surface area (Å²) in [6.45, 7) is 0.628. The third-order valence-corrected chi connectivity index (χ3v) is 5.22. The molecule has 1 aliphatic rings. The van der Waals surface area contributed by atoms with Gasteiger partial charge in [0.15, 0.2) is 0 Å². The molecule has 0 amide bonds. The summed E-state index contributed by atoms with van der Waals surface area (Å²) in [4.78, 5) is 30.5. The standard InChI is InChI=1S/C10H8N2O3S.C6H10N2/c13-8-6-4-2-1-3-5(4)16-9(6)12-7(11-8)10(14)15;1-8-4-2-3-6(8)5-7/h1-3H2,(H,14,15)(H,11,12,13);2-4H,5,7H2,1H3. The third-order valence-electron chi connectivity index (χ3n) is 4.04. The Morgan fingerprint density at radius 3 is 2.88 bits per heavy atom. The van der Waals surface area contributed by atoms with Crippen LogP contribution < -0.4 is 11.3 Å². The van der Waals surface area contributed by atoms with Gasteiger partial charge in [-0.15, -0.1) is 11.3 Å². The number of nitrogens with one attached hydrogen (secondary N) is 1. The van der Waals surface area contributed by atoms with Gasteiger partial charge in [-0.25, -0.2) is 9.78 Å². The van der Waals surface area contributed by atoms with Gasteiger partial charge < -0.3 is 20.4 Å². The second-order valence-electron chi connectivity index (χ2n) is 5.57. The fourth-order valence-electron chi connectivity index (χ4n) is 2.81. The number of carboxylic acids is 1. The lowest BCUT2D eigenvalue weighted by Gasteiger charge is -1.95. The van der Waals surface area contributed by atoms with Crippen LogP contribution in [0.5, 0.6) is 0 Å². The van der Waals surface area contributed by atoms with E-state index in [2.05, 4.69) is 9.97 Å². The van der Waals surface area contributed by atoms with Crippen molar-refractivity contribution in [3.63, 3.8) is 0 Å². The fraction of sp³-hybridized carbons (Fsp3) is 0.312. The van der Waals surface area contributed by atoms with Gasteiger partial charge in [-0.1, -0.05) is 0 Å². The molecule has 1 aliphatic carbocycles. The van der Waals surface area contributed by atoms with Crippen LogP contribution in [-0.2, 0) is 26.4 Å². The molecule has 0 saturated carbocycles. The molecule has 0 radical (unpaired) electrons. The van der Waals surface area contributed by atoms with Crippen molar-refractivity contribution < 1.29 is 9.90 Å². The number of fused-ring (bicyclic) bond motifs is 3. The van der Waals surface area contributed by atoms with Gasteiger partial charge in [0.05, 0.1) is 5.39 Å². The van der Waals surface area contributed by atoms with E-state index >= 15 is 0 Å². The molecule has 0 aromatic carbocycles. The van der Waals surface area contributed by atoms with Gasteiger partial charge in [0.2, 0.25) is 5.82 Å². The van der Waals surface area contributed by atoms with E-state index in [-0.39, 0.29) is 11.4 Å². The van der Waals surface area contributed by atoms with Crippen molar-refractivity contribution in [3.8, 4) is 0 Å². The molecule has 0 bridgehead atoms. The van der Waals surface area contributed by atoms with Crippen molar-refractivity contribution in [2.75, 3.05) is 0 Å². The molecule has 8 heteroatoms. The van der Waals surface area contributed by atoms with Crippen molar-refractivity contribution in [1.82, 2.24) is 14.5 Å². The van der Waals surface area contributed by atoms with E-state index in [0.717, 1.165) is 24.8 Å². The summed E-state index contributed by atoms with van der Waals surface area (Å²) in [7, 11) is 1.99. The Morgan fingerprint density at radius 2 is 2.29 bits per heavy atom. The number of nitrogens with zero attached hydrogens (tertiary/aromatic N) is 2. The summed E-state index contributed by atoms with van der Waals surface area (Å²) in [5.41, 5.74) is 7.27. The SMILES string of the molecule is Cn1cccc1CN.O=C(O)c1nc2sc3c(c2c(=O)[nH]1)CCC3. The second-order valence-corrected chi connectivity index (χ2v) is 6.66. The van der Waals surface area contributed by atoms with E-state index in [9.17, 15) is 9.59 Å². The Balaban J connectivity index is 0.000000179. The predicted octanol–water partition coefficient (Wildman–Crippen LogP) is 1.66. The highest BCUT2D eigenvalue weighted by molar-refractivity contribution is 7.18. The van der Waals surface area contributed by atoms with Gasteiger partial charge in [0.1, 0.15) is 4.83 Å². The summed E-state index contributed by atoms with van der Waals surface area (Å²) in [5.74, 6) is -1.48. The van der Waals surface area contributed by atoms with Crippen LogP contribution >= 0.6 is 11.3 Å². The van der Waals surface area contributed by atoms with E-state index in [0.29, 0.717) is 16.8 Å². The number of aromatic amines is 1. The molecule has 4 N–H and O–H groups in total. The van der Waals surface area contributed by atoms with Crippen LogP contribution in [0, 0.1) is 0 Å². The highest BCUT2D eigenvalue weighted by Crippen LogP contribution is 2.34. The van der Waals surface area contributed by atoms with E-state index in [1.54, 1.807) is 0 Å². The number of rotatable bonds is 2. The van der Waals surface area contributed by atoms with Crippen molar-refractivity contribution >= 4 is 27.5 Å². The Hall–Kier alpha value is -2.45. The van der Waals surface area contributed by atoms with Crippen molar-refractivity contribution in [2.45, 2.75) is 25.8 Å². The zero-order valence-electron chi connectivity index (χ0n) is 13.2. The molecule has 0 unspecified atom stereocenters. The van der Waals surface area contributed by atoms with E-state index in [1.165, 1.54) is 21.9 Å². The topological polar surface area (TPSA) is 114 Å². The summed E-state index contributed by atoms with van der Waals surface area (Å²) >= 11 is 1.44. The first-order chi connectivity index (χ1) is 11.5. The molecule has 7 nitrogen and oxygen atoms in total. The number of aromatic nitrogens is 3. The Bertz CT molecular complexity index is 954. The normalized spacial score (nSPS) is 12.8. The maximum atomic E-state index is 11.8. The minimum absolute atomic E-state index is 0.280. The molecular formula is C16H18N4O3S. The number of thiophene rings is 1. The predicted molar refractivity (Wildman–Crippen MR) is 92.5 cm³/mol. The smallest absolute Gasteiger partial charge is 0.372 e. The highest BCUT2D eigenvalue weighted by Gasteiger charge is 2.22. The largest absolute Gasteiger partial charge is 0.475 e. The first-order valence-electron chi connectivity index (χ1n) is 7.59. The zero-order valence-corrected chi connectivity index (χ0v) is 14.0. The zero-order chi connectivity index (χ0) is 17.3. The molecule has 0 fully saturated rings. The molecule has 0 atom stereocenters. The lowest BCUT2D eigenvalue weighted by atomic mass is 10.2. The first kappa shape index (κ1) is 16.4. The van der Waals surface area contributed by atoms with Gasteiger partial charge in [-0.05, 0) is 37.0 Å². The molecule has 0 spiro atoms. The molecule has 126 valence electrons. The highest BCUT2D eigenvalue weighted by atomic mass is 32.1. The quantitative estimate of drug-likeness (QED) is 0.653. The monoisotopic (exact) mass is 346 g/mol. The van der Waals surface area contributed by atoms with Crippen LogP contribution in [0.3, 0.4) is 0 Å². The van der Waals surface area contributed by atoms with Crippen molar-refractivity contribution in [1.29, 1.82) is 0 Å².